The van der Waals surface area contributed by atoms with Crippen LogP contribution in [0.5, 0.6) is 0 Å². The Morgan fingerprint density at radius 1 is 1.15 bits per heavy atom. The summed E-state index contributed by atoms with van der Waals surface area (Å²) in [5.74, 6) is -0.442. The van der Waals surface area contributed by atoms with E-state index in [1.165, 1.54) is 0 Å². The van der Waals surface area contributed by atoms with Crippen LogP contribution in [0.4, 0.5) is 10.7 Å². The quantitative estimate of drug-likeness (QED) is 0.911. The van der Waals surface area contributed by atoms with Gasteiger partial charge >= 0.3 is 0 Å². The predicted octanol–water partition coefficient (Wildman–Crippen LogP) is 2.70. The molecule has 1 saturated heterocycles. The van der Waals surface area contributed by atoms with E-state index in [1.807, 2.05) is 30.3 Å². The number of hydrogen-bond donors (Lipinski definition) is 2. The SMILES string of the molecule is NC(=O)c1c(N2CCCC2)sc(-c2ccccc2)c1N. The van der Waals surface area contributed by atoms with Crippen LogP contribution >= 0.6 is 11.3 Å². The van der Waals surface area contributed by atoms with Gasteiger partial charge in [0.1, 0.15) is 5.00 Å². The van der Waals surface area contributed by atoms with Crippen LogP contribution in [0, 0.1) is 0 Å². The summed E-state index contributed by atoms with van der Waals surface area (Å²) in [7, 11) is 0. The van der Waals surface area contributed by atoms with E-state index in [4.69, 9.17) is 11.5 Å². The second-order valence-corrected chi connectivity index (χ2v) is 5.95. The summed E-state index contributed by atoms with van der Waals surface area (Å²) in [6.07, 6.45) is 2.30. The van der Waals surface area contributed by atoms with Crippen molar-refractivity contribution in [1.29, 1.82) is 0 Å². The Kier molecular flexibility index (Phi) is 3.36. The molecule has 20 heavy (non-hydrogen) atoms. The van der Waals surface area contributed by atoms with E-state index in [1.54, 1.807) is 11.3 Å². The minimum atomic E-state index is -0.442. The highest BCUT2D eigenvalue weighted by Crippen LogP contribution is 2.44. The molecule has 1 fully saturated rings. The fourth-order valence-corrected chi connectivity index (χ4v) is 3.90. The molecule has 3 rings (SSSR count). The number of nitrogens with two attached hydrogens (primary N) is 2. The summed E-state index contributed by atoms with van der Waals surface area (Å²) in [5.41, 5.74) is 13.7. The average Bonchev–Trinajstić information content (AvgIpc) is 3.06. The van der Waals surface area contributed by atoms with Gasteiger partial charge in [-0.2, -0.15) is 0 Å². The normalized spacial score (nSPS) is 14.7. The van der Waals surface area contributed by atoms with E-state index in [0.717, 1.165) is 41.4 Å². The molecule has 1 aromatic heterocycles. The summed E-state index contributed by atoms with van der Waals surface area (Å²) in [6.45, 7) is 1.93. The second-order valence-electron chi connectivity index (χ2n) is 4.95. The number of amides is 1. The number of carbonyl (C=O) groups excluding carboxylic acids is 1. The fourth-order valence-electron chi connectivity index (χ4n) is 2.62. The third-order valence-corrected chi connectivity index (χ3v) is 4.92. The van der Waals surface area contributed by atoms with E-state index in [0.29, 0.717) is 11.3 Å². The zero-order chi connectivity index (χ0) is 14.1. The Labute approximate surface area is 122 Å². The number of nitrogens with zero attached hydrogens (tertiary/aromatic N) is 1. The Morgan fingerprint density at radius 2 is 1.80 bits per heavy atom. The number of hydrogen-bond acceptors (Lipinski definition) is 4. The lowest BCUT2D eigenvalue weighted by Crippen LogP contribution is -2.21. The van der Waals surface area contributed by atoms with E-state index in [2.05, 4.69) is 4.90 Å². The number of anilines is 2. The standard InChI is InChI=1S/C15H17N3OS/c16-12-11(14(17)19)15(18-8-4-5-9-18)20-13(12)10-6-2-1-3-7-10/h1-3,6-7H,4-5,8-9,16H2,(H2,17,19). The molecule has 1 amide bonds. The minimum absolute atomic E-state index is 0.442. The van der Waals surface area contributed by atoms with Crippen LogP contribution in [-0.2, 0) is 0 Å². The Bertz CT molecular complexity index is 630. The second kappa shape index (κ2) is 5.17. The maximum atomic E-state index is 11.8. The van der Waals surface area contributed by atoms with Crippen molar-refractivity contribution < 1.29 is 4.79 Å². The molecule has 4 N–H and O–H groups in total. The molecule has 0 radical (unpaired) electrons. The van der Waals surface area contributed by atoms with Crippen molar-refractivity contribution >= 4 is 27.9 Å². The van der Waals surface area contributed by atoms with Crippen LogP contribution in [0.1, 0.15) is 23.2 Å². The largest absolute Gasteiger partial charge is 0.397 e. The molecule has 4 nitrogen and oxygen atoms in total. The highest BCUT2D eigenvalue weighted by atomic mass is 32.1. The Morgan fingerprint density at radius 3 is 2.40 bits per heavy atom. The molecule has 104 valence electrons. The lowest BCUT2D eigenvalue weighted by molar-refractivity contribution is 0.100. The van der Waals surface area contributed by atoms with Crippen molar-refractivity contribution in [3.8, 4) is 10.4 Å². The van der Waals surface area contributed by atoms with Crippen molar-refractivity contribution in [3.05, 3.63) is 35.9 Å². The number of thiophene rings is 1. The average molecular weight is 287 g/mol. The van der Waals surface area contributed by atoms with Crippen LogP contribution in [0.25, 0.3) is 10.4 Å². The number of carbonyl (C=O) groups is 1. The molecule has 0 aliphatic carbocycles. The zero-order valence-electron chi connectivity index (χ0n) is 11.1. The fraction of sp³-hybridized carbons (Fsp3) is 0.267. The first-order valence-corrected chi connectivity index (χ1v) is 7.52. The van der Waals surface area contributed by atoms with Gasteiger partial charge in [-0.3, -0.25) is 4.79 Å². The van der Waals surface area contributed by atoms with E-state index in [9.17, 15) is 4.79 Å². The summed E-state index contributed by atoms with van der Waals surface area (Å²) < 4.78 is 0. The zero-order valence-corrected chi connectivity index (χ0v) is 12.0. The predicted molar refractivity (Wildman–Crippen MR) is 84.1 cm³/mol. The molecule has 2 aromatic rings. The minimum Gasteiger partial charge on any atom is -0.397 e. The lowest BCUT2D eigenvalue weighted by atomic mass is 10.1. The van der Waals surface area contributed by atoms with Crippen molar-refractivity contribution in [2.24, 2.45) is 5.73 Å². The van der Waals surface area contributed by atoms with E-state index >= 15 is 0 Å². The van der Waals surface area contributed by atoms with Gasteiger partial charge in [0.2, 0.25) is 0 Å². The van der Waals surface area contributed by atoms with Gasteiger partial charge in [-0.15, -0.1) is 11.3 Å². The molecule has 1 aromatic carbocycles. The van der Waals surface area contributed by atoms with Crippen molar-refractivity contribution in [1.82, 2.24) is 0 Å². The van der Waals surface area contributed by atoms with Gasteiger partial charge in [-0.25, -0.2) is 0 Å². The lowest BCUT2D eigenvalue weighted by Gasteiger charge is -2.16. The van der Waals surface area contributed by atoms with Crippen LogP contribution in [0.3, 0.4) is 0 Å². The summed E-state index contributed by atoms with van der Waals surface area (Å²) >= 11 is 1.56. The van der Waals surface area contributed by atoms with E-state index < -0.39 is 5.91 Å². The van der Waals surface area contributed by atoms with Crippen molar-refractivity contribution in [3.63, 3.8) is 0 Å². The van der Waals surface area contributed by atoms with Crippen LogP contribution in [0.2, 0.25) is 0 Å². The molecule has 1 aliphatic rings. The van der Waals surface area contributed by atoms with Crippen molar-refractivity contribution in [2.75, 3.05) is 23.7 Å². The van der Waals surface area contributed by atoms with Crippen LogP contribution in [-0.4, -0.2) is 19.0 Å². The van der Waals surface area contributed by atoms with Crippen LogP contribution < -0.4 is 16.4 Å². The van der Waals surface area contributed by atoms with Gasteiger partial charge in [-0.1, -0.05) is 30.3 Å². The summed E-state index contributed by atoms with van der Waals surface area (Å²) in [6, 6.07) is 9.90. The maximum absolute atomic E-state index is 11.8. The van der Waals surface area contributed by atoms with Crippen LogP contribution in [0.15, 0.2) is 30.3 Å². The highest BCUT2D eigenvalue weighted by molar-refractivity contribution is 7.20. The highest BCUT2D eigenvalue weighted by Gasteiger charge is 2.26. The molecular weight excluding hydrogens is 270 g/mol. The first-order valence-electron chi connectivity index (χ1n) is 6.71. The molecule has 0 saturated carbocycles. The first-order chi connectivity index (χ1) is 9.68. The topological polar surface area (TPSA) is 72.4 Å². The number of primary amides is 1. The number of benzene rings is 1. The number of nitrogen functional groups attached to an aromatic ring is 1. The molecule has 1 aliphatic heterocycles. The molecule has 5 heteroatoms. The van der Waals surface area contributed by atoms with Gasteiger partial charge in [-0.05, 0) is 18.4 Å². The third-order valence-electron chi connectivity index (χ3n) is 3.60. The first kappa shape index (κ1) is 13.0. The maximum Gasteiger partial charge on any atom is 0.253 e. The van der Waals surface area contributed by atoms with Gasteiger partial charge in [0, 0.05) is 13.1 Å². The molecule has 2 heterocycles. The van der Waals surface area contributed by atoms with Gasteiger partial charge < -0.3 is 16.4 Å². The molecule has 0 bridgehead atoms. The Hall–Kier alpha value is -2.01. The van der Waals surface area contributed by atoms with Gasteiger partial charge in [0.15, 0.2) is 0 Å². The monoisotopic (exact) mass is 287 g/mol. The molecule has 0 atom stereocenters. The van der Waals surface area contributed by atoms with Gasteiger partial charge in [0.25, 0.3) is 5.91 Å². The van der Waals surface area contributed by atoms with E-state index in [-0.39, 0.29) is 0 Å². The summed E-state index contributed by atoms with van der Waals surface area (Å²) in [5, 5.41) is 0.923. The number of rotatable bonds is 3. The molecule has 0 spiro atoms. The van der Waals surface area contributed by atoms with Crippen molar-refractivity contribution in [2.45, 2.75) is 12.8 Å². The summed E-state index contributed by atoms with van der Waals surface area (Å²) in [4.78, 5) is 14.9. The molecule has 0 unspecified atom stereocenters. The Balaban J connectivity index is 2.13. The molecular formula is C15H17N3OS. The third kappa shape index (κ3) is 2.14. The smallest absolute Gasteiger partial charge is 0.253 e. The van der Waals surface area contributed by atoms with Gasteiger partial charge in [0.05, 0.1) is 16.1 Å².